The smallest absolute Gasteiger partial charge is 0.223 e. The molecule has 0 aliphatic carbocycles. The van der Waals surface area contributed by atoms with Crippen LogP contribution in [0, 0.1) is 11.7 Å². The van der Waals surface area contributed by atoms with Gasteiger partial charge in [0.05, 0.1) is 0 Å². The topological polar surface area (TPSA) is 49.4 Å². The number of likely N-dealkylation sites (tertiary alicyclic amines) is 1. The Balaban J connectivity index is 1.73. The molecule has 1 heterocycles. The van der Waals surface area contributed by atoms with E-state index in [2.05, 4.69) is 5.32 Å². The summed E-state index contributed by atoms with van der Waals surface area (Å²) >= 11 is 0. The zero-order chi connectivity index (χ0) is 16.7. The van der Waals surface area contributed by atoms with E-state index < -0.39 is 0 Å². The van der Waals surface area contributed by atoms with Crippen LogP contribution >= 0.6 is 0 Å². The van der Waals surface area contributed by atoms with Crippen LogP contribution in [0.2, 0.25) is 0 Å². The number of nitrogens with zero attached hydrogens (tertiary/aromatic N) is 1. The third kappa shape index (κ3) is 5.34. The minimum Gasteiger partial charge on any atom is -0.356 e. The summed E-state index contributed by atoms with van der Waals surface area (Å²) in [6.45, 7) is 4.04. The van der Waals surface area contributed by atoms with Crippen LogP contribution in [0.4, 0.5) is 4.39 Å². The number of halogens is 1. The summed E-state index contributed by atoms with van der Waals surface area (Å²) in [6.07, 6.45) is 3.45. The van der Waals surface area contributed by atoms with Gasteiger partial charge >= 0.3 is 0 Å². The first-order chi connectivity index (χ1) is 11.1. The average molecular weight is 320 g/mol. The summed E-state index contributed by atoms with van der Waals surface area (Å²) in [4.78, 5) is 26.0. The van der Waals surface area contributed by atoms with Gasteiger partial charge in [0.2, 0.25) is 11.8 Å². The molecule has 2 rings (SSSR count). The lowest BCUT2D eigenvalue weighted by Gasteiger charge is -2.31. The summed E-state index contributed by atoms with van der Waals surface area (Å²) < 4.78 is 12.8. The van der Waals surface area contributed by atoms with Gasteiger partial charge in [0, 0.05) is 32.0 Å². The second-order valence-electron chi connectivity index (χ2n) is 6.07. The van der Waals surface area contributed by atoms with E-state index in [1.807, 2.05) is 11.8 Å². The highest BCUT2D eigenvalue weighted by atomic mass is 19.1. The molecule has 0 radical (unpaired) electrons. The molecule has 0 saturated carbocycles. The fraction of sp³-hybridized carbons (Fsp3) is 0.556. The van der Waals surface area contributed by atoms with Crippen LogP contribution in [0.1, 0.15) is 38.2 Å². The van der Waals surface area contributed by atoms with Gasteiger partial charge in [-0.05, 0) is 43.4 Å². The molecule has 5 heteroatoms. The Hall–Kier alpha value is -1.91. The highest BCUT2D eigenvalue weighted by Gasteiger charge is 2.26. The Labute approximate surface area is 137 Å². The molecule has 0 aromatic heterocycles. The highest BCUT2D eigenvalue weighted by molar-refractivity contribution is 5.80. The van der Waals surface area contributed by atoms with Crippen molar-refractivity contribution in [3.05, 3.63) is 35.6 Å². The maximum absolute atomic E-state index is 12.8. The van der Waals surface area contributed by atoms with Crippen LogP contribution in [0.25, 0.3) is 0 Å². The normalized spacial score (nSPS) is 15.5. The Morgan fingerprint density at radius 1 is 1.22 bits per heavy atom. The molecule has 1 saturated heterocycles. The van der Waals surface area contributed by atoms with Crippen molar-refractivity contribution in [1.82, 2.24) is 10.2 Å². The van der Waals surface area contributed by atoms with Gasteiger partial charge in [0.25, 0.3) is 0 Å². The zero-order valence-electron chi connectivity index (χ0n) is 13.7. The number of benzene rings is 1. The summed E-state index contributed by atoms with van der Waals surface area (Å²) in [5.74, 6) is -0.00167. The average Bonchev–Trinajstić information content (AvgIpc) is 2.59. The van der Waals surface area contributed by atoms with Crippen molar-refractivity contribution < 1.29 is 14.0 Å². The first-order valence-electron chi connectivity index (χ1n) is 8.40. The lowest BCUT2D eigenvalue weighted by atomic mass is 9.95. The van der Waals surface area contributed by atoms with Crippen LogP contribution in [-0.4, -0.2) is 36.3 Å². The fourth-order valence-electron chi connectivity index (χ4n) is 2.84. The summed E-state index contributed by atoms with van der Waals surface area (Å²) in [7, 11) is 0. The Morgan fingerprint density at radius 3 is 2.48 bits per heavy atom. The summed E-state index contributed by atoms with van der Waals surface area (Å²) in [5, 5.41) is 2.92. The molecule has 1 aliphatic rings. The number of carbonyl (C=O) groups excluding carboxylic acids is 2. The molecular formula is C18H25FN2O2. The van der Waals surface area contributed by atoms with Crippen molar-refractivity contribution in [2.75, 3.05) is 19.6 Å². The van der Waals surface area contributed by atoms with Gasteiger partial charge in [-0.2, -0.15) is 0 Å². The second kappa shape index (κ2) is 8.65. The lowest BCUT2D eigenvalue weighted by molar-refractivity contribution is -0.135. The standard InChI is InChI=1S/C18H25FN2O2/c1-2-11-20-18(23)15-9-12-21(13-10-15)17(22)8-5-14-3-6-16(19)7-4-14/h3-4,6-7,15H,2,5,8-13H2,1H3,(H,20,23). The van der Waals surface area contributed by atoms with Gasteiger partial charge < -0.3 is 10.2 Å². The first kappa shape index (κ1) is 17.4. The lowest BCUT2D eigenvalue weighted by Crippen LogP contribution is -2.43. The van der Waals surface area contributed by atoms with Crippen molar-refractivity contribution in [2.24, 2.45) is 5.92 Å². The predicted octanol–water partition coefficient (Wildman–Crippen LogP) is 2.52. The number of aryl methyl sites for hydroxylation is 1. The zero-order valence-corrected chi connectivity index (χ0v) is 13.7. The number of carbonyl (C=O) groups is 2. The molecule has 1 aromatic carbocycles. The van der Waals surface area contributed by atoms with Crippen LogP contribution in [0.5, 0.6) is 0 Å². The minimum absolute atomic E-state index is 0.0303. The monoisotopic (exact) mass is 320 g/mol. The van der Waals surface area contributed by atoms with Crippen molar-refractivity contribution >= 4 is 11.8 Å². The number of piperidine rings is 1. The number of nitrogens with one attached hydrogen (secondary N) is 1. The third-order valence-corrected chi connectivity index (χ3v) is 4.31. The van der Waals surface area contributed by atoms with Crippen LogP contribution in [0.3, 0.4) is 0 Å². The quantitative estimate of drug-likeness (QED) is 0.875. The minimum atomic E-state index is -0.261. The molecule has 0 spiro atoms. The summed E-state index contributed by atoms with van der Waals surface area (Å²) in [5.41, 5.74) is 0.966. The Bertz CT molecular complexity index is 522. The maximum atomic E-state index is 12.8. The van der Waals surface area contributed by atoms with Gasteiger partial charge in [-0.1, -0.05) is 19.1 Å². The SMILES string of the molecule is CCCNC(=O)C1CCN(C(=O)CCc2ccc(F)cc2)CC1. The number of hydrogen-bond donors (Lipinski definition) is 1. The van der Waals surface area contributed by atoms with Crippen molar-refractivity contribution in [1.29, 1.82) is 0 Å². The van der Waals surface area contributed by atoms with E-state index in [4.69, 9.17) is 0 Å². The van der Waals surface area contributed by atoms with Crippen LogP contribution < -0.4 is 5.32 Å². The van der Waals surface area contributed by atoms with Gasteiger partial charge in [-0.3, -0.25) is 9.59 Å². The van der Waals surface area contributed by atoms with Crippen LogP contribution in [-0.2, 0) is 16.0 Å². The molecule has 4 nitrogen and oxygen atoms in total. The molecule has 23 heavy (non-hydrogen) atoms. The van der Waals surface area contributed by atoms with E-state index in [1.165, 1.54) is 12.1 Å². The van der Waals surface area contributed by atoms with E-state index in [-0.39, 0.29) is 23.5 Å². The second-order valence-corrected chi connectivity index (χ2v) is 6.07. The number of amides is 2. The third-order valence-electron chi connectivity index (χ3n) is 4.31. The number of hydrogen-bond acceptors (Lipinski definition) is 2. The van der Waals surface area contributed by atoms with Crippen molar-refractivity contribution in [3.8, 4) is 0 Å². The van der Waals surface area contributed by atoms with E-state index in [0.29, 0.717) is 25.9 Å². The molecule has 0 unspecified atom stereocenters. The molecule has 1 fully saturated rings. The Kier molecular flexibility index (Phi) is 6.56. The highest BCUT2D eigenvalue weighted by Crippen LogP contribution is 2.18. The van der Waals surface area contributed by atoms with E-state index >= 15 is 0 Å². The van der Waals surface area contributed by atoms with Gasteiger partial charge in [0.15, 0.2) is 0 Å². The molecule has 2 amide bonds. The van der Waals surface area contributed by atoms with Crippen molar-refractivity contribution in [2.45, 2.75) is 39.0 Å². The molecule has 1 aromatic rings. The fourth-order valence-corrected chi connectivity index (χ4v) is 2.84. The van der Waals surface area contributed by atoms with Gasteiger partial charge in [-0.25, -0.2) is 4.39 Å². The maximum Gasteiger partial charge on any atom is 0.223 e. The van der Waals surface area contributed by atoms with E-state index in [1.54, 1.807) is 12.1 Å². The Morgan fingerprint density at radius 2 is 1.87 bits per heavy atom. The first-order valence-corrected chi connectivity index (χ1v) is 8.40. The van der Waals surface area contributed by atoms with Gasteiger partial charge in [-0.15, -0.1) is 0 Å². The molecule has 0 bridgehead atoms. The van der Waals surface area contributed by atoms with Crippen LogP contribution in [0.15, 0.2) is 24.3 Å². The van der Waals surface area contributed by atoms with E-state index in [0.717, 1.165) is 31.4 Å². The van der Waals surface area contributed by atoms with Crippen molar-refractivity contribution in [3.63, 3.8) is 0 Å². The summed E-state index contributed by atoms with van der Waals surface area (Å²) in [6, 6.07) is 6.26. The molecule has 1 aliphatic heterocycles. The van der Waals surface area contributed by atoms with Gasteiger partial charge in [0.1, 0.15) is 5.82 Å². The molecule has 126 valence electrons. The van der Waals surface area contributed by atoms with E-state index in [9.17, 15) is 14.0 Å². The predicted molar refractivity (Wildman–Crippen MR) is 87.3 cm³/mol. The largest absolute Gasteiger partial charge is 0.356 e. The molecule has 0 atom stereocenters. The molecular weight excluding hydrogens is 295 g/mol. The molecule has 1 N–H and O–H groups in total. The number of rotatable bonds is 6.